The smallest absolute Gasteiger partial charge is 0.408 e. The van der Waals surface area contributed by atoms with Crippen LogP contribution < -0.4 is 10.6 Å². The third kappa shape index (κ3) is 5.95. The minimum absolute atomic E-state index is 0.0276. The molecule has 0 saturated heterocycles. The van der Waals surface area contributed by atoms with Crippen LogP contribution in [0.25, 0.3) is 10.2 Å². The van der Waals surface area contributed by atoms with Crippen LogP contribution in [0.4, 0.5) is 4.79 Å². The number of nitrogens with one attached hydrogen (secondary N) is 2. The summed E-state index contributed by atoms with van der Waals surface area (Å²) in [5.74, 6) is -0.777. The van der Waals surface area contributed by atoms with Crippen molar-refractivity contribution in [3.05, 3.63) is 24.3 Å². The fraction of sp³-hybridized carbons (Fsp3) is 0.438. The van der Waals surface area contributed by atoms with Crippen molar-refractivity contribution in [2.24, 2.45) is 0 Å². The van der Waals surface area contributed by atoms with E-state index in [9.17, 15) is 18.0 Å². The summed E-state index contributed by atoms with van der Waals surface area (Å²) in [5, 5.41) is 4.75. The lowest BCUT2D eigenvalue weighted by Gasteiger charge is -2.19. The molecule has 2 rings (SSSR count). The van der Waals surface area contributed by atoms with Crippen molar-refractivity contribution in [1.29, 1.82) is 0 Å². The Balaban J connectivity index is 1.81. The Hall–Kier alpha value is -2.20. The van der Waals surface area contributed by atoms with Gasteiger partial charge in [-0.25, -0.2) is 18.2 Å². The minimum atomic E-state index is -3.59. The Bertz CT molecular complexity index is 867. The molecular formula is C16H21N3O5S2. The van der Waals surface area contributed by atoms with Crippen molar-refractivity contribution in [2.75, 3.05) is 18.8 Å². The second-order valence-corrected chi connectivity index (χ2v) is 9.79. The van der Waals surface area contributed by atoms with Crippen molar-refractivity contribution in [1.82, 2.24) is 15.6 Å². The highest BCUT2D eigenvalue weighted by atomic mass is 32.2. The molecule has 0 spiro atoms. The number of amides is 2. The van der Waals surface area contributed by atoms with Gasteiger partial charge >= 0.3 is 6.09 Å². The molecule has 1 heterocycles. The number of thiazole rings is 1. The fourth-order valence-corrected chi connectivity index (χ4v) is 4.43. The number of ether oxygens (including phenoxy) is 1. The number of alkyl carbamates (subject to hydrolysis) is 1. The van der Waals surface area contributed by atoms with Gasteiger partial charge in [0, 0.05) is 6.54 Å². The monoisotopic (exact) mass is 399 g/mol. The zero-order chi connectivity index (χ0) is 19.4. The highest BCUT2D eigenvalue weighted by Gasteiger charge is 2.20. The van der Waals surface area contributed by atoms with Crippen LogP contribution in [0.1, 0.15) is 20.8 Å². The first-order valence-electron chi connectivity index (χ1n) is 7.89. The number of hydrogen-bond acceptors (Lipinski definition) is 7. The van der Waals surface area contributed by atoms with Gasteiger partial charge in [0.2, 0.25) is 20.1 Å². The van der Waals surface area contributed by atoms with E-state index in [0.717, 1.165) is 16.0 Å². The van der Waals surface area contributed by atoms with E-state index in [1.165, 1.54) is 0 Å². The molecule has 0 fully saturated rings. The maximum atomic E-state index is 12.3. The first-order valence-corrected chi connectivity index (χ1v) is 10.4. The van der Waals surface area contributed by atoms with E-state index in [4.69, 9.17) is 4.74 Å². The predicted molar refractivity (Wildman–Crippen MR) is 98.9 cm³/mol. The van der Waals surface area contributed by atoms with Gasteiger partial charge in [0.05, 0.1) is 22.5 Å². The average molecular weight is 399 g/mol. The van der Waals surface area contributed by atoms with Crippen molar-refractivity contribution >= 4 is 43.4 Å². The summed E-state index contributed by atoms with van der Waals surface area (Å²) in [6.45, 7) is 4.75. The van der Waals surface area contributed by atoms with Crippen LogP contribution in [0, 0.1) is 0 Å². The summed E-state index contributed by atoms with van der Waals surface area (Å²) < 4.78 is 30.4. The quantitative estimate of drug-likeness (QED) is 0.764. The highest BCUT2D eigenvalue weighted by molar-refractivity contribution is 7.93. The molecule has 2 aromatic rings. The molecule has 0 atom stereocenters. The Morgan fingerprint density at radius 3 is 2.54 bits per heavy atom. The van der Waals surface area contributed by atoms with Gasteiger partial charge in [-0.15, -0.1) is 11.3 Å². The van der Waals surface area contributed by atoms with Gasteiger partial charge in [0.1, 0.15) is 5.60 Å². The first kappa shape index (κ1) is 20.1. The van der Waals surface area contributed by atoms with Crippen LogP contribution in [-0.4, -0.2) is 49.8 Å². The maximum Gasteiger partial charge on any atom is 0.408 e. The average Bonchev–Trinajstić information content (AvgIpc) is 2.96. The number of benzene rings is 1. The summed E-state index contributed by atoms with van der Waals surface area (Å²) in [4.78, 5) is 27.3. The molecule has 0 radical (unpaired) electrons. The molecule has 0 aliphatic carbocycles. The largest absolute Gasteiger partial charge is 0.444 e. The van der Waals surface area contributed by atoms with Crippen LogP contribution in [0.3, 0.4) is 0 Å². The van der Waals surface area contributed by atoms with E-state index in [0.29, 0.717) is 5.52 Å². The first-order chi connectivity index (χ1) is 12.1. The van der Waals surface area contributed by atoms with Crippen LogP contribution in [-0.2, 0) is 19.4 Å². The summed E-state index contributed by atoms with van der Waals surface area (Å²) >= 11 is 1.10. The molecule has 0 unspecified atom stereocenters. The molecule has 0 bridgehead atoms. The number of sulfone groups is 1. The SMILES string of the molecule is CC(C)(C)OC(=O)NCC(=O)NCCS(=O)(=O)c1nc2ccccc2s1. The van der Waals surface area contributed by atoms with E-state index in [2.05, 4.69) is 15.6 Å². The van der Waals surface area contributed by atoms with Gasteiger partial charge in [-0.1, -0.05) is 12.1 Å². The molecule has 8 nitrogen and oxygen atoms in total. The predicted octanol–water partition coefficient (Wildman–Crippen LogP) is 1.71. The highest BCUT2D eigenvalue weighted by Crippen LogP contribution is 2.25. The van der Waals surface area contributed by atoms with Gasteiger partial charge in [-0.05, 0) is 32.9 Å². The van der Waals surface area contributed by atoms with E-state index in [-0.39, 0.29) is 23.2 Å². The maximum absolute atomic E-state index is 12.3. The van der Waals surface area contributed by atoms with E-state index < -0.39 is 27.4 Å². The van der Waals surface area contributed by atoms with Gasteiger partial charge in [-0.2, -0.15) is 0 Å². The van der Waals surface area contributed by atoms with Crippen molar-refractivity contribution in [2.45, 2.75) is 30.7 Å². The minimum Gasteiger partial charge on any atom is -0.444 e. The second-order valence-electron chi connectivity index (χ2n) is 6.47. The van der Waals surface area contributed by atoms with Crippen LogP contribution in [0.2, 0.25) is 0 Å². The summed E-state index contributed by atoms with van der Waals surface area (Å²) in [6.07, 6.45) is -0.713. The van der Waals surface area contributed by atoms with Crippen molar-refractivity contribution in [3.63, 3.8) is 0 Å². The van der Waals surface area contributed by atoms with Gasteiger partial charge < -0.3 is 15.4 Å². The van der Waals surface area contributed by atoms with Gasteiger partial charge in [0.15, 0.2) is 0 Å². The second kappa shape index (κ2) is 8.00. The molecule has 1 aromatic carbocycles. The molecule has 0 aliphatic heterocycles. The van der Waals surface area contributed by atoms with E-state index in [1.54, 1.807) is 39.0 Å². The number of nitrogens with zero attached hydrogens (tertiary/aromatic N) is 1. The van der Waals surface area contributed by atoms with Crippen LogP contribution >= 0.6 is 11.3 Å². The standard InChI is InChI=1S/C16H21N3O5S2/c1-16(2,3)24-14(21)18-10-13(20)17-8-9-26(22,23)15-19-11-6-4-5-7-12(11)25-15/h4-7H,8-10H2,1-3H3,(H,17,20)(H,18,21). The van der Waals surface area contributed by atoms with Crippen LogP contribution in [0.15, 0.2) is 28.6 Å². The molecule has 1 aromatic heterocycles. The lowest BCUT2D eigenvalue weighted by Crippen LogP contribution is -2.40. The molecular weight excluding hydrogens is 378 g/mol. The summed E-state index contributed by atoms with van der Waals surface area (Å²) in [7, 11) is -3.59. The molecule has 26 heavy (non-hydrogen) atoms. The fourth-order valence-electron chi connectivity index (χ4n) is 1.93. The summed E-state index contributed by atoms with van der Waals surface area (Å²) in [5.41, 5.74) is -0.0343. The number of carbonyl (C=O) groups excluding carboxylic acids is 2. The molecule has 0 saturated carbocycles. The molecule has 2 N–H and O–H groups in total. The number of carbonyl (C=O) groups is 2. The molecule has 10 heteroatoms. The topological polar surface area (TPSA) is 114 Å². The van der Waals surface area contributed by atoms with Gasteiger partial charge in [0.25, 0.3) is 0 Å². The number of aromatic nitrogens is 1. The molecule has 2 amide bonds. The zero-order valence-corrected chi connectivity index (χ0v) is 16.4. The number of fused-ring (bicyclic) bond motifs is 1. The summed E-state index contributed by atoms with van der Waals surface area (Å²) in [6, 6.07) is 7.15. The van der Waals surface area contributed by atoms with Gasteiger partial charge in [-0.3, -0.25) is 4.79 Å². The Morgan fingerprint density at radius 2 is 1.88 bits per heavy atom. The third-order valence-electron chi connectivity index (χ3n) is 3.03. The molecule has 142 valence electrons. The van der Waals surface area contributed by atoms with Crippen molar-refractivity contribution < 1.29 is 22.7 Å². The zero-order valence-electron chi connectivity index (χ0n) is 14.7. The third-order valence-corrected chi connectivity index (χ3v) is 6.23. The van der Waals surface area contributed by atoms with E-state index >= 15 is 0 Å². The Morgan fingerprint density at radius 1 is 1.19 bits per heavy atom. The molecule has 0 aliphatic rings. The normalized spacial score (nSPS) is 12.0. The Kier molecular flexibility index (Phi) is 6.19. The number of hydrogen-bond donors (Lipinski definition) is 2. The number of para-hydroxylation sites is 1. The van der Waals surface area contributed by atoms with Crippen LogP contribution in [0.5, 0.6) is 0 Å². The van der Waals surface area contributed by atoms with E-state index in [1.807, 2.05) is 6.07 Å². The van der Waals surface area contributed by atoms with Crippen molar-refractivity contribution in [3.8, 4) is 0 Å². The lowest BCUT2D eigenvalue weighted by atomic mass is 10.2. The number of rotatable bonds is 6. The lowest BCUT2D eigenvalue weighted by molar-refractivity contribution is -0.120. The Labute approximate surface area is 155 Å².